The van der Waals surface area contributed by atoms with Gasteiger partial charge in [-0.05, 0) is 46.3 Å². The first kappa shape index (κ1) is 14.3. The molecule has 0 unspecified atom stereocenters. The molecule has 0 fully saturated rings. The van der Waals surface area contributed by atoms with Crippen molar-refractivity contribution in [2.24, 2.45) is 5.73 Å². The highest BCUT2D eigenvalue weighted by molar-refractivity contribution is 9.10. The number of para-hydroxylation sites is 1. The molecule has 0 spiro atoms. The van der Waals surface area contributed by atoms with Crippen molar-refractivity contribution in [1.82, 2.24) is 0 Å². The molecule has 0 bridgehead atoms. The van der Waals surface area contributed by atoms with Crippen molar-refractivity contribution < 1.29 is 13.9 Å². The largest absolute Gasteiger partial charge is 0.485 e. The number of benzene rings is 2. The van der Waals surface area contributed by atoms with Crippen molar-refractivity contribution in [2.75, 3.05) is 5.73 Å². The Morgan fingerprint density at radius 2 is 2.05 bits per heavy atom. The summed E-state index contributed by atoms with van der Waals surface area (Å²) in [7, 11) is 0. The summed E-state index contributed by atoms with van der Waals surface area (Å²) < 4.78 is 19.8. The van der Waals surface area contributed by atoms with Gasteiger partial charge in [0.25, 0.3) is 0 Å². The summed E-state index contributed by atoms with van der Waals surface area (Å²) >= 11 is 3.30. The van der Waals surface area contributed by atoms with E-state index in [0.29, 0.717) is 15.9 Å². The van der Waals surface area contributed by atoms with Gasteiger partial charge in [-0.15, -0.1) is 0 Å². The van der Waals surface area contributed by atoms with Crippen LogP contribution in [0.2, 0.25) is 0 Å². The minimum atomic E-state index is -0.619. The van der Waals surface area contributed by atoms with Crippen molar-refractivity contribution in [3.63, 3.8) is 0 Å². The van der Waals surface area contributed by atoms with E-state index in [1.165, 1.54) is 18.2 Å². The van der Waals surface area contributed by atoms with E-state index in [1.807, 2.05) is 0 Å². The zero-order valence-corrected chi connectivity index (χ0v) is 12.0. The first-order chi connectivity index (χ1) is 9.49. The number of carbonyl (C=O) groups excluding carboxylic acids is 1. The van der Waals surface area contributed by atoms with Crippen LogP contribution in [-0.2, 0) is 6.61 Å². The Bertz CT molecular complexity index is 641. The van der Waals surface area contributed by atoms with E-state index >= 15 is 0 Å². The first-order valence-electron chi connectivity index (χ1n) is 5.74. The maximum atomic E-state index is 13.7. The van der Waals surface area contributed by atoms with Crippen LogP contribution in [0.25, 0.3) is 0 Å². The lowest BCUT2D eigenvalue weighted by atomic mass is 10.1. The lowest BCUT2D eigenvalue weighted by molar-refractivity contribution is 0.1000. The quantitative estimate of drug-likeness (QED) is 0.841. The Kier molecular flexibility index (Phi) is 4.24. The zero-order valence-electron chi connectivity index (χ0n) is 10.4. The zero-order chi connectivity index (χ0) is 14.7. The van der Waals surface area contributed by atoms with Crippen LogP contribution in [-0.4, -0.2) is 5.91 Å². The first-order valence-corrected chi connectivity index (χ1v) is 6.53. The second-order valence-corrected chi connectivity index (χ2v) is 4.97. The van der Waals surface area contributed by atoms with E-state index in [2.05, 4.69) is 15.9 Å². The number of primary amides is 1. The van der Waals surface area contributed by atoms with Gasteiger partial charge in [0.05, 0.1) is 10.2 Å². The Balaban J connectivity index is 2.23. The van der Waals surface area contributed by atoms with E-state index in [-0.39, 0.29) is 17.7 Å². The second-order valence-electron chi connectivity index (χ2n) is 4.12. The fourth-order valence-corrected chi connectivity index (χ4v) is 2.16. The van der Waals surface area contributed by atoms with Crippen LogP contribution in [0.4, 0.5) is 10.1 Å². The van der Waals surface area contributed by atoms with E-state index in [4.69, 9.17) is 16.2 Å². The fraction of sp³-hybridized carbons (Fsp3) is 0.0714. The van der Waals surface area contributed by atoms with Crippen LogP contribution in [0, 0.1) is 5.82 Å². The van der Waals surface area contributed by atoms with Crippen LogP contribution >= 0.6 is 15.9 Å². The van der Waals surface area contributed by atoms with Crippen molar-refractivity contribution in [2.45, 2.75) is 6.61 Å². The molecule has 0 atom stereocenters. The molecular weight excluding hydrogens is 327 g/mol. The topological polar surface area (TPSA) is 78.3 Å². The minimum absolute atomic E-state index is 0.0558. The van der Waals surface area contributed by atoms with Gasteiger partial charge in [-0.2, -0.15) is 0 Å². The maximum Gasteiger partial charge on any atom is 0.248 e. The van der Waals surface area contributed by atoms with Crippen molar-refractivity contribution in [3.05, 3.63) is 57.8 Å². The number of halogens is 2. The molecule has 2 aromatic rings. The van der Waals surface area contributed by atoms with Gasteiger partial charge in [0.15, 0.2) is 5.75 Å². The molecule has 20 heavy (non-hydrogen) atoms. The lowest BCUT2D eigenvalue weighted by Gasteiger charge is -2.11. The van der Waals surface area contributed by atoms with Gasteiger partial charge in [0.1, 0.15) is 12.4 Å². The van der Waals surface area contributed by atoms with Gasteiger partial charge in [-0.1, -0.05) is 6.07 Å². The number of anilines is 1. The van der Waals surface area contributed by atoms with Gasteiger partial charge >= 0.3 is 0 Å². The number of rotatable bonds is 4. The molecule has 0 aliphatic rings. The average molecular weight is 339 g/mol. The molecule has 0 heterocycles. The van der Waals surface area contributed by atoms with Gasteiger partial charge in [0.2, 0.25) is 5.91 Å². The van der Waals surface area contributed by atoms with Crippen molar-refractivity contribution >= 4 is 27.5 Å². The highest BCUT2D eigenvalue weighted by Gasteiger charge is 2.10. The summed E-state index contributed by atoms with van der Waals surface area (Å²) in [6.07, 6.45) is 0. The monoisotopic (exact) mass is 338 g/mol. The number of hydrogen-bond donors (Lipinski definition) is 2. The summed E-state index contributed by atoms with van der Waals surface area (Å²) in [6.45, 7) is -0.0558. The molecule has 4 N–H and O–H groups in total. The highest BCUT2D eigenvalue weighted by Crippen LogP contribution is 2.31. The van der Waals surface area contributed by atoms with Crippen LogP contribution in [0.3, 0.4) is 0 Å². The van der Waals surface area contributed by atoms with Gasteiger partial charge in [-0.25, -0.2) is 4.39 Å². The SMILES string of the molecule is NC(=O)c1ccc(F)c(COc2c(N)cccc2Br)c1. The molecule has 104 valence electrons. The average Bonchev–Trinajstić information content (AvgIpc) is 2.39. The predicted molar refractivity (Wildman–Crippen MR) is 77.8 cm³/mol. The molecule has 2 aromatic carbocycles. The summed E-state index contributed by atoms with van der Waals surface area (Å²) in [5.41, 5.74) is 11.8. The Morgan fingerprint density at radius 3 is 2.70 bits per heavy atom. The molecule has 2 rings (SSSR count). The summed E-state index contributed by atoms with van der Waals surface area (Å²) in [6, 6.07) is 9.08. The molecule has 0 aliphatic heterocycles. The van der Waals surface area contributed by atoms with E-state index in [1.54, 1.807) is 18.2 Å². The number of amides is 1. The normalized spacial score (nSPS) is 10.3. The Morgan fingerprint density at radius 1 is 1.30 bits per heavy atom. The number of hydrogen-bond acceptors (Lipinski definition) is 3. The number of nitrogen functional groups attached to an aromatic ring is 1. The summed E-state index contributed by atoms with van der Waals surface area (Å²) in [5.74, 6) is -0.663. The van der Waals surface area contributed by atoms with Crippen molar-refractivity contribution in [3.8, 4) is 5.75 Å². The summed E-state index contributed by atoms with van der Waals surface area (Å²) in [5, 5.41) is 0. The molecule has 0 saturated heterocycles. The lowest BCUT2D eigenvalue weighted by Crippen LogP contribution is -2.12. The number of ether oxygens (including phenoxy) is 1. The Labute approximate surface area is 123 Å². The molecular formula is C14H12BrFN2O2. The second kappa shape index (κ2) is 5.92. The highest BCUT2D eigenvalue weighted by atomic mass is 79.9. The third-order valence-electron chi connectivity index (χ3n) is 2.70. The third kappa shape index (κ3) is 3.08. The van der Waals surface area contributed by atoms with Gasteiger partial charge in [-0.3, -0.25) is 4.79 Å². The van der Waals surface area contributed by atoms with Crippen LogP contribution < -0.4 is 16.2 Å². The van der Waals surface area contributed by atoms with E-state index < -0.39 is 11.7 Å². The van der Waals surface area contributed by atoms with Gasteiger partial charge in [0, 0.05) is 11.1 Å². The molecule has 0 aromatic heterocycles. The maximum absolute atomic E-state index is 13.7. The molecule has 0 saturated carbocycles. The van der Waals surface area contributed by atoms with Crippen LogP contribution in [0.15, 0.2) is 40.9 Å². The Hall–Kier alpha value is -2.08. The molecule has 6 heteroatoms. The van der Waals surface area contributed by atoms with Gasteiger partial charge < -0.3 is 16.2 Å². The minimum Gasteiger partial charge on any atom is -0.485 e. The third-order valence-corrected chi connectivity index (χ3v) is 3.32. The smallest absolute Gasteiger partial charge is 0.248 e. The summed E-state index contributed by atoms with van der Waals surface area (Å²) in [4.78, 5) is 11.1. The van der Waals surface area contributed by atoms with Crippen LogP contribution in [0.5, 0.6) is 5.75 Å². The van der Waals surface area contributed by atoms with E-state index in [0.717, 1.165) is 0 Å². The number of nitrogens with two attached hydrogens (primary N) is 2. The van der Waals surface area contributed by atoms with E-state index in [9.17, 15) is 9.18 Å². The molecule has 0 radical (unpaired) electrons. The molecule has 1 amide bonds. The number of carbonyl (C=O) groups is 1. The fourth-order valence-electron chi connectivity index (χ4n) is 1.67. The molecule has 4 nitrogen and oxygen atoms in total. The predicted octanol–water partition coefficient (Wildman–Crippen LogP) is 2.85. The standard InChI is InChI=1S/C14H12BrFN2O2/c15-10-2-1-3-12(17)13(10)20-7-9-6-8(14(18)19)4-5-11(9)16/h1-6H,7,17H2,(H2,18,19). The van der Waals surface area contributed by atoms with Crippen molar-refractivity contribution in [1.29, 1.82) is 0 Å². The molecule has 0 aliphatic carbocycles. The van der Waals surface area contributed by atoms with Crippen LogP contribution in [0.1, 0.15) is 15.9 Å².